The van der Waals surface area contributed by atoms with Crippen LogP contribution in [0.25, 0.3) is 6.08 Å². The van der Waals surface area contributed by atoms with E-state index in [9.17, 15) is 14.7 Å². The van der Waals surface area contributed by atoms with Crippen LogP contribution in [-0.2, 0) is 16.0 Å². The molecular weight excluding hydrogens is 438 g/mol. The van der Waals surface area contributed by atoms with Crippen LogP contribution in [0.1, 0.15) is 11.1 Å². The lowest BCUT2D eigenvalue weighted by Crippen LogP contribution is -2.51. The Balaban J connectivity index is 1.93. The molecule has 1 aliphatic rings. The van der Waals surface area contributed by atoms with Crippen LogP contribution in [0.4, 0.5) is 0 Å². The van der Waals surface area contributed by atoms with Crippen molar-refractivity contribution in [1.82, 2.24) is 4.90 Å². The number of amides is 1. The largest absolute Gasteiger partial charge is 0.548 e. The van der Waals surface area contributed by atoms with Crippen LogP contribution in [0.2, 0.25) is 0 Å². The van der Waals surface area contributed by atoms with Crippen molar-refractivity contribution in [1.29, 1.82) is 0 Å². The molecule has 1 atom stereocenters. The normalized spacial score (nSPS) is 15.8. The van der Waals surface area contributed by atoms with E-state index in [1.807, 2.05) is 6.07 Å². The monoisotopic (exact) mass is 458 g/mol. The highest BCUT2D eigenvalue weighted by Gasteiger charge is 2.38. The molecule has 0 N–H and O–H groups in total. The molecule has 2 aromatic rings. The maximum Gasteiger partial charge on any atom is 0.266 e. The van der Waals surface area contributed by atoms with Gasteiger partial charge in [-0.1, -0.05) is 54.3 Å². The first-order valence-corrected chi connectivity index (χ1v) is 10.4. The van der Waals surface area contributed by atoms with Crippen molar-refractivity contribution in [3.8, 4) is 17.2 Å². The summed E-state index contributed by atoms with van der Waals surface area (Å²) in [6.07, 6.45) is 1.70. The Bertz CT molecular complexity index is 1010. The van der Waals surface area contributed by atoms with Crippen molar-refractivity contribution in [2.45, 2.75) is 12.5 Å². The van der Waals surface area contributed by atoms with Crippen LogP contribution >= 0.6 is 24.0 Å². The molecular formula is C22H20NO6S2-. The number of benzene rings is 2. The molecule has 0 spiro atoms. The smallest absolute Gasteiger partial charge is 0.266 e. The maximum absolute atomic E-state index is 13.1. The molecule has 9 heteroatoms. The molecule has 0 unspecified atom stereocenters. The standard InChI is InChI=1S/C22H21NO6S2/c1-27-16-10-14(11-17(28-2)19(16)29-3)12-18-20(24)23(22(30)31-18)15(21(25)26)9-13-7-5-4-6-8-13/h4-8,10-12,15H,9H2,1-3H3,(H,25,26)/p-1/b18-12+/t15-/m1/s1. The first-order chi connectivity index (χ1) is 14.9. The average Bonchev–Trinajstić information content (AvgIpc) is 3.04. The summed E-state index contributed by atoms with van der Waals surface area (Å²) in [6.45, 7) is 0. The van der Waals surface area contributed by atoms with E-state index < -0.39 is 17.9 Å². The fourth-order valence-electron chi connectivity index (χ4n) is 3.20. The number of ether oxygens (including phenoxy) is 3. The van der Waals surface area contributed by atoms with Gasteiger partial charge in [0, 0.05) is 0 Å². The van der Waals surface area contributed by atoms with E-state index in [1.54, 1.807) is 42.5 Å². The van der Waals surface area contributed by atoms with E-state index in [1.165, 1.54) is 21.3 Å². The number of carbonyl (C=O) groups excluding carboxylic acids is 2. The second-order valence-electron chi connectivity index (χ2n) is 6.53. The predicted molar refractivity (Wildman–Crippen MR) is 120 cm³/mol. The molecule has 0 radical (unpaired) electrons. The molecule has 162 valence electrons. The van der Waals surface area contributed by atoms with Gasteiger partial charge in [-0.15, -0.1) is 0 Å². The minimum atomic E-state index is -1.37. The van der Waals surface area contributed by atoms with Crippen molar-refractivity contribution in [2.24, 2.45) is 0 Å². The van der Waals surface area contributed by atoms with E-state index in [0.717, 1.165) is 22.2 Å². The fraction of sp³-hybridized carbons (Fsp3) is 0.227. The maximum atomic E-state index is 13.1. The molecule has 31 heavy (non-hydrogen) atoms. The number of carboxylic acids is 1. The Morgan fingerprint density at radius 1 is 1.13 bits per heavy atom. The van der Waals surface area contributed by atoms with E-state index in [4.69, 9.17) is 26.4 Å². The van der Waals surface area contributed by atoms with Gasteiger partial charge >= 0.3 is 0 Å². The van der Waals surface area contributed by atoms with Crippen LogP contribution < -0.4 is 19.3 Å². The Morgan fingerprint density at radius 3 is 2.26 bits per heavy atom. The molecule has 0 saturated carbocycles. The van der Waals surface area contributed by atoms with Crippen LogP contribution in [0.15, 0.2) is 47.4 Å². The molecule has 0 aromatic heterocycles. The highest BCUT2D eigenvalue weighted by molar-refractivity contribution is 8.26. The van der Waals surface area contributed by atoms with Crippen molar-refractivity contribution < 1.29 is 28.9 Å². The lowest BCUT2D eigenvalue weighted by molar-refractivity contribution is -0.310. The first kappa shape index (κ1) is 22.6. The summed E-state index contributed by atoms with van der Waals surface area (Å²) in [5.41, 5.74) is 1.38. The van der Waals surface area contributed by atoms with Gasteiger partial charge in [0.25, 0.3) is 5.91 Å². The van der Waals surface area contributed by atoms with Crippen molar-refractivity contribution in [3.63, 3.8) is 0 Å². The molecule has 1 fully saturated rings. The number of methoxy groups -OCH3 is 3. The number of hydrogen-bond acceptors (Lipinski definition) is 8. The topological polar surface area (TPSA) is 88.1 Å². The highest BCUT2D eigenvalue weighted by atomic mass is 32.2. The summed E-state index contributed by atoms with van der Waals surface area (Å²) in [5.74, 6) is -0.571. The van der Waals surface area contributed by atoms with Gasteiger partial charge in [-0.05, 0) is 35.8 Å². The molecule has 2 aromatic carbocycles. The molecule has 1 heterocycles. The summed E-state index contributed by atoms with van der Waals surface area (Å²) in [6, 6.07) is 11.2. The number of thioether (sulfide) groups is 1. The summed E-state index contributed by atoms with van der Waals surface area (Å²) in [7, 11) is 4.49. The van der Waals surface area contributed by atoms with Crippen LogP contribution in [0, 0.1) is 0 Å². The third kappa shape index (κ3) is 4.83. The minimum Gasteiger partial charge on any atom is -0.548 e. The molecule has 3 rings (SSSR count). The van der Waals surface area contributed by atoms with Crippen molar-refractivity contribution >= 4 is 46.3 Å². The molecule has 0 aliphatic carbocycles. The van der Waals surface area contributed by atoms with Gasteiger partial charge in [0.15, 0.2) is 11.5 Å². The molecule has 0 bridgehead atoms. The number of hydrogen-bond donors (Lipinski definition) is 0. The van der Waals surface area contributed by atoms with Crippen LogP contribution in [0.5, 0.6) is 17.2 Å². The SMILES string of the molecule is COc1cc(/C=C2/SC(=S)N([C@H](Cc3ccccc3)C(=O)[O-])C2=O)cc(OC)c1OC. The highest BCUT2D eigenvalue weighted by Crippen LogP contribution is 2.40. The lowest BCUT2D eigenvalue weighted by atomic mass is 10.0. The predicted octanol–water partition coefficient (Wildman–Crippen LogP) is 2.27. The number of carboxylic acid groups (broad SMARTS) is 1. The Hall–Kier alpha value is -3.04. The van der Waals surface area contributed by atoms with Crippen LogP contribution in [0.3, 0.4) is 0 Å². The third-order valence-corrected chi connectivity index (χ3v) is 5.99. The number of nitrogens with zero attached hydrogens (tertiary/aromatic N) is 1. The number of carbonyl (C=O) groups is 2. The summed E-state index contributed by atoms with van der Waals surface area (Å²) >= 11 is 6.36. The Kier molecular flexibility index (Phi) is 7.19. The van der Waals surface area contributed by atoms with Gasteiger partial charge in [-0.2, -0.15) is 0 Å². The number of thiocarbonyl (C=S) groups is 1. The van der Waals surface area contributed by atoms with E-state index in [2.05, 4.69) is 0 Å². The van der Waals surface area contributed by atoms with Gasteiger partial charge in [0.05, 0.1) is 38.2 Å². The summed E-state index contributed by atoms with van der Waals surface area (Å²) in [5, 5.41) is 11.8. The Labute approximate surface area is 189 Å². The minimum absolute atomic E-state index is 0.0904. The van der Waals surface area contributed by atoms with Gasteiger partial charge in [0.2, 0.25) is 5.75 Å². The number of rotatable bonds is 8. The van der Waals surface area contributed by atoms with Crippen LogP contribution in [-0.4, -0.2) is 48.5 Å². The van der Waals surface area contributed by atoms with Gasteiger partial charge in [0.1, 0.15) is 4.32 Å². The van der Waals surface area contributed by atoms with E-state index in [0.29, 0.717) is 27.7 Å². The van der Waals surface area contributed by atoms with Gasteiger partial charge in [-0.3, -0.25) is 9.69 Å². The molecule has 7 nitrogen and oxygen atoms in total. The summed E-state index contributed by atoms with van der Waals surface area (Å²) in [4.78, 5) is 26.3. The first-order valence-electron chi connectivity index (χ1n) is 9.21. The second-order valence-corrected chi connectivity index (χ2v) is 8.21. The fourth-order valence-corrected chi connectivity index (χ4v) is 4.56. The Morgan fingerprint density at radius 2 is 1.74 bits per heavy atom. The molecule has 1 aliphatic heterocycles. The number of aliphatic carboxylic acids is 1. The zero-order chi connectivity index (χ0) is 22.5. The third-order valence-electron chi connectivity index (χ3n) is 4.66. The zero-order valence-electron chi connectivity index (χ0n) is 17.1. The van der Waals surface area contributed by atoms with Crippen molar-refractivity contribution in [3.05, 3.63) is 58.5 Å². The summed E-state index contributed by atoms with van der Waals surface area (Å²) < 4.78 is 16.2. The average molecular weight is 459 g/mol. The molecule has 1 amide bonds. The van der Waals surface area contributed by atoms with E-state index in [-0.39, 0.29) is 10.7 Å². The lowest BCUT2D eigenvalue weighted by Gasteiger charge is -2.27. The van der Waals surface area contributed by atoms with Gasteiger partial charge in [-0.25, -0.2) is 0 Å². The second kappa shape index (κ2) is 9.84. The van der Waals surface area contributed by atoms with Crippen molar-refractivity contribution in [2.75, 3.05) is 21.3 Å². The quantitative estimate of drug-likeness (QED) is 0.440. The van der Waals surface area contributed by atoms with Gasteiger partial charge < -0.3 is 24.1 Å². The zero-order valence-corrected chi connectivity index (χ0v) is 18.7. The van der Waals surface area contributed by atoms with E-state index >= 15 is 0 Å². The molecule has 1 saturated heterocycles.